The van der Waals surface area contributed by atoms with E-state index in [1.807, 2.05) is 0 Å². The molecule has 92 valence electrons. The molecule has 0 fully saturated rings. The molecule has 0 bridgehead atoms. The summed E-state index contributed by atoms with van der Waals surface area (Å²) in [6, 6.07) is 0. The SMILES string of the molecule is CCOC(=O)c1cnn(C)c1S(=O)(=O)N=C=O. The van der Waals surface area contributed by atoms with Gasteiger partial charge < -0.3 is 4.74 Å². The highest BCUT2D eigenvalue weighted by molar-refractivity contribution is 7.90. The molecule has 8 nitrogen and oxygen atoms in total. The molecule has 0 spiro atoms. The highest BCUT2D eigenvalue weighted by Crippen LogP contribution is 2.17. The molecule has 0 radical (unpaired) electrons. The summed E-state index contributed by atoms with van der Waals surface area (Å²) in [5.41, 5.74) is -0.270. The van der Waals surface area contributed by atoms with Gasteiger partial charge in [0.25, 0.3) is 6.08 Å². The van der Waals surface area contributed by atoms with Crippen LogP contribution in [0.25, 0.3) is 0 Å². The van der Waals surface area contributed by atoms with Crippen molar-refractivity contribution in [2.45, 2.75) is 11.9 Å². The minimum absolute atomic E-state index is 0.0875. The number of ether oxygens (including phenoxy) is 1. The van der Waals surface area contributed by atoms with Gasteiger partial charge in [-0.15, -0.1) is 0 Å². The lowest BCUT2D eigenvalue weighted by Gasteiger charge is -2.02. The molecular weight excluding hydrogens is 250 g/mol. The van der Waals surface area contributed by atoms with Crippen LogP contribution in [0, 0.1) is 0 Å². The summed E-state index contributed by atoms with van der Waals surface area (Å²) in [5, 5.41) is 3.11. The molecule has 1 aromatic rings. The van der Waals surface area contributed by atoms with Gasteiger partial charge in [0.05, 0.1) is 12.8 Å². The molecular formula is C8H9N3O5S. The third-order valence-corrected chi connectivity index (χ3v) is 3.07. The quantitative estimate of drug-likeness (QED) is 0.414. The molecule has 0 aliphatic carbocycles. The van der Waals surface area contributed by atoms with Crippen LogP contribution in [0.4, 0.5) is 0 Å². The lowest BCUT2D eigenvalue weighted by Crippen LogP contribution is -2.12. The summed E-state index contributed by atoms with van der Waals surface area (Å²) < 4.78 is 31.3. The Morgan fingerprint density at radius 1 is 1.65 bits per heavy atom. The van der Waals surface area contributed by atoms with E-state index < -0.39 is 21.0 Å². The minimum atomic E-state index is -4.29. The van der Waals surface area contributed by atoms with Gasteiger partial charge in [0, 0.05) is 7.05 Å². The molecule has 17 heavy (non-hydrogen) atoms. The summed E-state index contributed by atoms with van der Waals surface area (Å²) in [5.74, 6) is -0.847. The molecule has 1 aromatic heterocycles. The van der Waals surface area contributed by atoms with Crippen LogP contribution in [-0.4, -0.2) is 36.9 Å². The van der Waals surface area contributed by atoms with E-state index in [0.717, 1.165) is 17.0 Å². The van der Waals surface area contributed by atoms with Gasteiger partial charge in [0.15, 0.2) is 5.03 Å². The monoisotopic (exact) mass is 259 g/mol. The number of hydrogen-bond donors (Lipinski definition) is 0. The topological polar surface area (TPSA) is 108 Å². The largest absolute Gasteiger partial charge is 0.462 e. The number of carbonyl (C=O) groups excluding carboxylic acids is 2. The van der Waals surface area contributed by atoms with Crippen molar-refractivity contribution in [2.75, 3.05) is 6.61 Å². The molecule has 0 aliphatic rings. The van der Waals surface area contributed by atoms with E-state index >= 15 is 0 Å². The fourth-order valence-corrected chi connectivity index (χ4v) is 2.15. The molecule has 0 saturated heterocycles. The average Bonchev–Trinajstić information content (AvgIpc) is 2.61. The second-order valence-corrected chi connectivity index (χ2v) is 4.38. The first kappa shape index (κ1) is 13.1. The first-order valence-electron chi connectivity index (χ1n) is 4.47. The lowest BCUT2D eigenvalue weighted by molar-refractivity contribution is 0.0521. The van der Waals surface area contributed by atoms with Crippen molar-refractivity contribution in [3.8, 4) is 0 Å². The van der Waals surface area contributed by atoms with Crippen LogP contribution in [0.5, 0.6) is 0 Å². The van der Waals surface area contributed by atoms with Crippen molar-refractivity contribution in [2.24, 2.45) is 11.4 Å². The number of carbonyl (C=O) groups is 1. The predicted molar refractivity (Wildman–Crippen MR) is 54.5 cm³/mol. The zero-order chi connectivity index (χ0) is 13.1. The summed E-state index contributed by atoms with van der Waals surface area (Å²) >= 11 is 0. The van der Waals surface area contributed by atoms with E-state index in [-0.39, 0.29) is 12.2 Å². The van der Waals surface area contributed by atoms with Gasteiger partial charge in [-0.25, -0.2) is 9.59 Å². The van der Waals surface area contributed by atoms with Gasteiger partial charge in [-0.05, 0) is 6.92 Å². The molecule has 0 aromatic carbocycles. The Morgan fingerprint density at radius 3 is 2.82 bits per heavy atom. The van der Waals surface area contributed by atoms with Gasteiger partial charge in [-0.2, -0.15) is 13.5 Å². The number of rotatable bonds is 4. The molecule has 0 atom stereocenters. The van der Waals surface area contributed by atoms with Crippen molar-refractivity contribution < 1.29 is 22.7 Å². The van der Waals surface area contributed by atoms with E-state index in [0.29, 0.717) is 0 Å². The maximum absolute atomic E-state index is 11.5. The summed E-state index contributed by atoms with van der Waals surface area (Å²) in [6.07, 6.45) is 1.95. The van der Waals surface area contributed by atoms with Crippen LogP contribution in [0.15, 0.2) is 15.6 Å². The van der Waals surface area contributed by atoms with Gasteiger partial charge in [-0.1, -0.05) is 4.40 Å². The predicted octanol–water partition coefficient (Wildman–Crippen LogP) is -0.379. The van der Waals surface area contributed by atoms with Gasteiger partial charge >= 0.3 is 16.0 Å². The minimum Gasteiger partial charge on any atom is -0.462 e. The summed E-state index contributed by atoms with van der Waals surface area (Å²) in [6.45, 7) is 1.66. The van der Waals surface area contributed by atoms with Gasteiger partial charge in [0.2, 0.25) is 0 Å². The van der Waals surface area contributed by atoms with Crippen LogP contribution in [0.3, 0.4) is 0 Å². The van der Waals surface area contributed by atoms with E-state index in [1.165, 1.54) is 7.05 Å². The Balaban J connectivity index is 3.39. The van der Waals surface area contributed by atoms with Crippen molar-refractivity contribution in [3.63, 3.8) is 0 Å². The molecule has 1 heterocycles. The number of aryl methyl sites for hydroxylation is 1. The molecule has 9 heteroatoms. The Hall–Kier alpha value is -1.99. The lowest BCUT2D eigenvalue weighted by atomic mass is 10.4. The van der Waals surface area contributed by atoms with Crippen molar-refractivity contribution in [3.05, 3.63) is 11.8 Å². The number of nitrogens with zero attached hydrogens (tertiary/aromatic N) is 3. The maximum Gasteiger partial charge on any atom is 0.342 e. The van der Waals surface area contributed by atoms with Crippen LogP contribution in [0.2, 0.25) is 0 Å². The fourth-order valence-electron chi connectivity index (χ4n) is 1.17. The number of sulfonamides is 1. The molecule has 0 amide bonds. The molecule has 1 rings (SSSR count). The zero-order valence-electron chi connectivity index (χ0n) is 9.08. The van der Waals surface area contributed by atoms with Crippen LogP contribution in [-0.2, 0) is 26.6 Å². The maximum atomic E-state index is 11.5. The first-order chi connectivity index (χ1) is 7.94. The van der Waals surface area contributed by atoms with Gasteiger partial charge in [-0.3, -0.25) is 4.68 Å². The highest BCUT2D eigenvalue weighted by atomic mass is 32.2. The summed E-state index contributed by atoms with van der Waals surface area (Å²) in [7, 11) is -2.99. The number of hydrogen-bond acceptors (Lipinski definition) is 6. The second kappa shape index (κ2) is 4.89. The van der Waals surface area contributed by atoms with Crippen LogP contribution in [0.1, 0.15) is 17.3 Å². The molecule has 0 saturated carbocycles. The number of isocyanates is 1. The Labute approximate surface area is 97.0 Å². The second-order valence-electron chi connectivity index (χ2n) is 2.87. The number of esters is 1. The highest BCUT2D eigenvalue weighted by Gasteiger charge is 2.27. The third kappa shape index (κ3) is 2.58. The molecule has 0 unspecified atom stereocenters. The standard InChI is InChI=1S/C8H9N3O5S/c1-3-16-8(13)6-4-9-11(2)7(6)17(14,15)10-5-12/h4H,3H2,1-2H3. The molecule has 0 N–H and O–H groups in total. The van der Waals surface area contributed by atoms with Crippen molar-refractivity contribution >= 4 is 22.1 Å². The van der Waals surface area contributed by atoms with E-state index in [9.17, 15) is 18.0 Å². The van der Waals surface area contributed by atoms with E-state index in [2.05, 4.69) is 14.2 Å². The average molecular weight is 259 g/mol. The Kier molecular flexibility index (Phi) is 3.77. The van der Waals surface area contributed by atoms with Crippen molar-refractivity contribution in [1.82, 2.24) is 9.78 Å². The fraction of sp³-hybridized carbons (Fsp3) is 0.375. The van der Waals surface area contributed by atoms with Gasteiger partial charge in [0.1, 0.15) is 5.56 Å². The summed E-state index contributed by atoms with van der Waals surface area (Å²) in [4.78, 5) is 21.5. The normalized spacial score (nSPS) is 10.7. The Bertz CT molecular complexity index is 582. The number of aromatic nitrogens is 2. The Morgan fingerprint density at radius 2 is 2.29 bits per heavy atom. The third-order valence-electron chi connectivity index (χ3n) is 1.78. The van der Waals surface area contributed by atoms with Crippen LogP contribution < -0.4 is 0 Å². The smallest absolute Gasteiger partial charge is 0.342 e. The van der Waals surface area contributed by atoms with E-state index in [1.54, 1.807) is 6.92 Å². The van der Waals surface area contributed by atoms with E-state index in [4.69, 9.17) is 0 Å². The zero-order valence-corrected chi connectivity index (χ0v) is 9.89. The molecule has 0 aliphatic heterocycles. The first-order valence-corrected chi connectivity index (χ1v) is 5.91. The van der Waals surface area contributed by atoms with Crippen molar-refractivity contribution in [1.29, 1.82) is 0 Å². The van der Waals surface area contributed by atoms with Crippen LogP contribution >= 0.6 is 0 Å².